The van der Waals surface area contributed by atoms with Crippen LogP contribution in [0.15, 0.2) is 47.7 Å². The highest BCUT2D eigenvalue weighted by atomic mass is 16.6. The molecule has 0 aliphatic heterocycles. The van der Waals surface area contributed by atoms with E-state index in [-0.39, 0.29) is 11.6 Å². The van der Waals surface area contributed by atoms with Gasteiger partial charge in [0.1, 0.15) is 5.69 Å². The minimum Gasteiger partial charge on any atom is -0.357 e. The molecule has 0 radical (unpaired) electrons. The number of non-ortho nitro benzene ring substituents is 1. The summed E-state index contributed by atoms with van der Waals surface area (Å²) in [5.74, 6) is -0.375. The number of carbonyl (C=O) groups is 1. The van der Waals surface area contributed by atoms with Crippen molar-refractivity contribution in [3.63, 3.8) is 0 Å². The van der Waals surface area contributed by atoms with Crippen LogP contribution in [0.4, 0.5) is 5.69 Å². The molecule has 7 nitrogen and oxygen atoms in total. The Balaban J connectivity index is 2.12. The second kappa shape index (κ2) is 5.79. The zero-order valence-corrected chi connectivity index (χ0v) is 10.7. The molecule has 0 atom stereocenters. The molecule has 0 saturated heterocycles. The number of aromatic nitrogens is 1. The monoisotopic (exact) mass is 272 g/mol. The zero-order chi connectivity index (χ0) is 14.5. The van der Waals surface area contributed by atoms with Crippen LogP contribution in [-0.2, 0) is 0 Å². The first kappa shape index (κ1) is 13.5. The molecule has 0 fully saturated rings. The van der Waals surface area contributed by atoms with Gasteiger partial charge in [0, 0.05) is 23.9 Å². The van der Waals surface area contributed by atoms with Gasteiger partial charge in [0.25, 0.3) is 11.6 Å². The standard InChI is InChI=1S/C13H12N4O3/c1-9(10-4-2-5-11(8-10)17(19)20)15-16-13(18)12-6-3-7-14-12/h2-8,14H,1H3,(H,16,18)/b15-9-. The highest BCUT2D eigenvalue weighted by Crippen LogP contribution is 2.13. The molecule has 7 heteroatoms. The number of hydrogen-bond acceptors (Lipinski definition) is 4. The van der Waals surface area contributed by atoms with Crippen molar-refractivity contribution in [2.45, 2.75) is 6.92 Å². The fourth-order valence-electron chi connectivity index (χ4n) is 1.58. The number of benzene rings is 1. The Kier molecular flexibility index (Phi) is 3.90. The normalized spacial score (nSPS) is 11.2. The van der Waals surface area contributed by atoms with Crippen molar-refractivity contribution in [2.75, 3.05) is 0 Å². The number of hydrogen-bond donors (Lipinski definition) is 2. The lowest BCUT2D eigenvalue weighted by molar-refractivity contribution is -0.384. The predicted octanol–water partition coefficient (Wildman–Crippen LogP) is 2.08. The highest BCUT2D eigenvalue weighted by Gasteiger charge is 2.08. The van der Waals surface area contributed by atoms with E-state index in [1.165, 1.54) is 12.1 Å². The number of amides is 1. The minimum atomic E-state index is -0.478. The average Bonchev–Trinajstić information content (AvgIpc) is 2.98. The fraction of sp³-hybridized carbons (Fsp3) is 0.0769. The smallest absolute Gasteiger partial charge is 0.287 e. The molecule has 1 amide bonds. The maximum absolute atomic E-state index is 11.7. The van der Waals surface area contributed by atoms with Crippen molar-refractivity contribution in [3.05, 3.63) is 64.0 Å². The Labute approximate surface area is 114 Å². The molecule has 2 aromatic rings. The van der Waals surface area contributed by atoms with E-state index in [1.807, 2.05) is 0 Å². The van der Waals surface area contributed by atoms with E-state index in [0.29, 0.717) is 17.0 Å². The lowest BCUT2D eigenvalue weighted by Crippen LogP contribution is -2.19. The molecular formula is C13H12N4O3. The van der Waals surface area contributed by atoms with Gasteiger partial charge in [-0.05, 0) is 19.1 Å². The Hall–Kier alpha value is -2.96. The summed E-state index contributed by atoms with van der Waals surface area (Å²) in [5, 5.41) is 14.6. The predicted molar refractivity (Wildman–Crippen MR) is 73.6 cm³/mol. The maximum Gasteiger partial charge on any atom is 0.287 e. The van der Waals surface area contributed by atoms with Crippen molar-refractivity contribution < 1.29 is 9.72 Å². The average molecular weight is 272 g/mol. The van der Waals surface area contributed by atoms with Gasteiger partial charge in [-0.15, -0.1) is 0 Å². The number of hydrazone groups is 1. The lowest BCUT2D eigenvalue weighted by Gasteiger charge is -2.02. The fourth-order valence-corrected chi connectivity index (χ4v) is 1.58. The van der Waals surface area contributed by atoms with E-state index in [0.717, 1.165) is 0 Å². The summed E-state index contributed by atoms with van der Waals surface area (Å²) in [6.07, 6.45) is 1.63. The Bertz CT molecular complexity index is 662. The summed E-state index contributed by atoms with van der Waals surface area (Å²) in [5.41, 5.74) is 3.80. The number of aromatic amines is 1. The molecule has 0 saturated carbocycles. The van der Waals surface area contributed by atoms with Gasteiger partial charge in [0.05, 0.1) is 10.6 Å². The summed E-state index contributed by atoms with van der Waals surface area (Å²) in [6, 6.07) is 9.37. The van der Waals surface area contributed by atoms with Gasteiger partial charge in [-0.25, -0.2) is 5.43 Å². The number of carbonyl (C=O) groups excluding carboxylic acids is 1. The molecule has 2 N–H and O–H groups in total. The number of nitro groups is 1. The van der Waals surface area contributed by atoms with E-state index in [4.69, 9.17) is 0 Å². The maximum atomic E-state index is 11.7. The summed E-state index contributed by atoms with van der Waals surface area (Å²) in [6.45, 7) is 1.66. The first-order valence-electron chi connectivity index (χ1n) is 5.81. The van der Waals surface area contributed by atoms with Crippen molar-refractivity contribution in [1.82, 2.24) is 10.4 Å². The minimum absolute atomic E-state index is 0.0206. The lowest BCUT2D eigenvalue weighted by atomic mass is 10.1. The highest BCUT2D eigenvalue weighted by molar-refractivity contribution is 6.00. The first-order valence-corrected chi connectivity index (χ1v) is 5.81. The largest absolute Gasteiger partial charge is 0.357 e. The molecule has 1 heterocycles. The van der Waals surface area contributed by atoms with Gasteiger partial charge in [0.2, 0.25) is 0 Å². The van der Waals surface area contributed by atoms with E-state index >= 15 is 0 Å². The summed E-state index contributed by atoms with van der Waals surface area (Å²) >= 11 is 0. The molecule has 2 rings (SSSR count). The van der Waals surface area contributed by atoms with Gasteiger partial charge in [-0.3, -0.25) is 14.9 Å². The van der Waals surface area contributed by atoms with Crippen LogP contribution in [0.3, 0.4) is 0 Å². The van der Waals surface area contributed by atoms with Crippen molar-refractivity contribution in [1.29, 1.82) is 0 Å². The number of rotatable bonds is 4. The van der Waals surface area contributed by atoms with Gasteiger partial charge in [-0.2, -0.15) is 5.10 Å². The van der Waals surface area contributed by atoms with Crippen molar-refractivity contribution in [3.8, 4) is 0 Å². The van der Waals surface area contributed by atoms with Gasteiger partial charge < -0.3 is 4.98 Å². The van der Waals surface area contributed by atoms with E-state index in [1.54, 1.807) is 37.4 Å². The van der Waals surface area contributed by atoms with Gasteiger partial charge >= 0.3 is 0 Å². The second-order valence-electron chi connectivity index (χ2n) is 4.03. The van der Waals surface area contributed by atoms with Crippen LogP contribution in [0.2, 0.25) is 0 Å². The molecule has 0 spiro atoms. The number of nitrogens with zero attached hydrogens (tertiary/aromatic N) is 2. The van der Waals surface area contributed by atoms with Crippen LogP contribution in [0, 0.1) is 10.1 Å². The van der Waals surface area contributed by atoms with Gasteiger partial charge in [0.15, 0.2) is 0 Å². The molecule has 20 heavy (non-hydrogen) atoms. The van der Waals surface area contributed by atoms with Crippen LogP contribution >= 0.6 is 0 Å². The Morgan fingerprint density at radius 1 is 1.35 bits per heavy atom. The molecular weight excluding hydrogens is 260 g/mol. The van der Waals surface area contributed by atoms with Gasteiger partial charge in [-0.1, -0.05) is 12.1 Å². The third-order valence-electron chi connectivity index (χ3n) is 2.64. The SMILES string of the molecule is C/C(=N/NC(=O)c1ccc[nH]1)c1cccc([N+](=O)[O-])c1. The van der Waals surface area contributed by atoms with Crippen molar-refractivity contribution >= 4 is 17.3 Å². The topological polar surface area (TPSA) is 100 Å². The molecule has 1 aromatic carbocycles. The number of H-pyrrole nitrogens is 1. The van der Waals surface area contributed by atoms with E-state index < -0.39 is 4.92 Å². The van der Waals surface area contributed by atoms with Crippen LogP contribution < -0.4 is 5.43 Å². The summed E-state index contributed by atoms with van der Waals surface area (Å²) < 4.78 is 0. The van der Waals surface area contributed by atoms with E-state index in [2.05, 4.69) is 15.5 Å². The Morgan fingerprint density at radius 2 is 2.15 bits per heavy atom. The summed E-state index contributed by atoms with van der Waals surface area (Å²) in [4.78, 5) is 24.6. The second-order valence-corrected chi connectivity index (χ2v) is 4.03. The molecule has 0 aliphatic carbocycles. The summed E-state index contributed by atoms with van der Waals surface area (Å²) in [7, 11) is 0. The van der Waals surface area contributed by atoms with Crippen LogP contribution in [0.5, 0.6) is 0 Å². The first-order chi connectivity index (χ1) is 9.58. The molecule has 0 aliphatic rings. The third-order valence-corrected chi connectivity index (χ3v) is 2.64. The molecule has 102 valence electrons. The Morgan fingerprint density at radius 3 is 2.80 bits per heavy atom. The molecule has 0 unspecified atom stereocenters. The number of nitro benzene ring substituents is 1. The molecule has 1 aromatic heterocycles. The quantitative estimate of drug-likeness (QED) is 0.506. The van der Waals surface area contributed by atoms with Crippen LogP contribution in [0.25, 0.3) is 0 Å². The zero-order valence-electron chi connectivity index (χ0n) is 10.7. The third kappa shape index (κ3) is 3.08. The van der Waals surface area contributed by atoms with Crippen molar-refractivity contribution in [2.24, 2.45) is 5.10 Å². The van der Waals surface area contributed by atoms with Crippen LogP contribution in [0.1, 0.15) is 23.0 Å². The molecule has 0 bridgehead atoms. The number of nitrogens with one attached hydrogen (secondary N) is 2. The van der Waals surface area contributed by atoms with E-state index in [9.17, 15) is 14.9 Å². The van der Waals surface area contributed by atoms with Crippen LogP contribution in [-0.4, -0.2) is 21.5 Å².